The zero-order chi connectivity index (χ0) is 32.8. The van der Waals surface area contributed by atoms with Gasteiger partial charge in [0, 0.05) is 26.7 Å². The van der Waals surface area contributed by atoms with Crippen LogP contribution in [0.15, 0.2) is 95.9 Å². The molecule has 0 spiro atoms. The Morgan fingerprint density at radius 3 is 2.00 bits per heavy atom. The molecule has 4 aromatic rings. The van der Waals surface area contributed by atoms with Crippen molar-refractivity contribution in [2.75, 3.05) is 26.6 Å². The van der Waals surface area contributed by atoms with Gasteiger partial charge in [-0.3, -0.25) is 9.36 Å². The number of aromatic nitrogens is 2. The molecule has 1 amide bonds. The molecule has 11 nitrogen and oxygen atoms in total. The first-order chi connectivity index (χ1) is 22.2. The highest BCUT2D eigenvalue weighted by Gasteiger charge is 2.47. The lowest BCUT2D eigenvalue weighted by atomic mass is 9.79. The lowest BCUT2D eigenvalue weighted by Crippen LogP contribution is -2.39. The molecule has 1 aliphatic heterocycles. The summed E-state index contributed by atoms with van der Waals surface area (Å²) in [6.07, 6.45) is -2.37. The minimum absolute atomic E-state index is 0.120. The highest BCUT2D eigenvalue weighted by Crippen LogP contribution is 2.44. The molecular weight excluding hydrogens is 590 g/mol. The van der Waals surface area contributed by atoms with Gasteiger partial charge in [-0.1, -0.05) is 54.6 Å². The van der Waals surface area contributed by atoms with Gasteiger partial charge in [0.15, 0.2) is 6.23 Å². The number of amides is 1. The van der Waals surface area contributed by atoms with Crippen LogP contribution >= 0.6 is 0 Å². The summed E-state index contributed by atoms with van der Waals surface area (Å²) < 4.78 is 31.1. The molecule has 1 fully saturated rings. The van der Waals surface area contributed by atoms with E-state index < -0.39 is 41.9 Å². The normalized spacial score (nSPS) is 20.2. The van der Waals surface area contributed by atoms with Gasteiger partial charge in [0.1, 0.15) is 35.1 Å². The second kappa shape index (κ2) is 14.3. The number of ether oxygens (including phenoxy) is 5. The predicted octanol–water partition coefficient (Wildman–Crippen LogP) is 4.28. The third-order valence-electron chi connectivity index (χ3n) is 8.11. The number of carbonyl (C=O) groups excluding carboxylic acids is 1. The molecule has 242 valence electrons. The first kappa shape index (κ1) is 32.8. The van der Waals surface area contributed by atoms with Crippen LogP contribution in [0.2, 0.25) is 0 Å². The first-order valence-electron chi connectivity index (χ1n) is 15.0. The average molecular weight is 630 g/mol. The maximum atomic E-state index is 12.9. The van der Waals surface area contributed by atoms with Gasteiger partial charge in [-0.2, -0.15) is 4.98 Å². The molecule has 11 heteroatoms. The molecule has 1 aromatic heterocycles. The van der Waals surface area contributed by atoms with Gasteiger partial charge >= 0.3 is 5.69 Å². The van der Waals surface area contributed by atoms with Gasteiger partial charge < -0.3 is 34.1 Å². The highest BCUT2D eigenvalue weighted by molar-refractivity contribution is 5.87. The van der Waals surface area contributed by atoms with Gasteiger partial charge in [-0.05, 0) is 53.9 Å². The molecule has 1 saturated heterocycles. The van der Waals surface area contributed by atoms with Gasteiger partial charge in [-0.25, -0.2) is 4.79 Å². The zero-order valence-electron chi connectivity index (χ0n) is 26.5. The van der Waals surface area contributed by atoms with E-state index in [0.717, 1.165) is 16.7 Å². The summed E-state index contributed by atoms with van der Waals surface area (Å²) in [5.41, 5.74) is 0.915. The zero-order valence-corrected chi connectivity index (χ0v) is 26.5. The maximum Gasteiger partial charge on any atom is 0.351 e. The largest absolute Gasteiger partial charge is 0.497 e. The monoisotopic (exact) mass is 629 g/mol. The van der Waals surface area contributed by atoms with Crippen molar-refractivity contribution in [3.8, 4) is 11.5 Å². The smallest absolute Gasteiger partial charge is 0.351 e. The number of carbonyl (C=O) groups is 1. The van der Waals surface area contributed by atoms with E-state index in [4.69, 9.17) is 23.7 Å². The van der Waals surface area contributed by atoms with E-state index in [0.29, 0.717) is 11.5 Å². The van der Waals surface area contributed by atoms with Crippen LogP contribution in [0.4, 0.5) is 5.82 Å². The Kier molecular flexibility index (Phi) is 10.2. The van der Waals surface area contributed by atoms with Crippen LogP contribution in [0.3, 0.4) is 0 Å². The van der Waals surface area contributed by atoms with Gasteiger partial charge in [0.05, 0.1) is 26.4 Å². The second-order valence-corrected chi connectivity index (χ2v) is 11.1. The number of benzene rings is 3. The van der Waals surface area contributed by atoms with Crippen LogP contribution in [0, 0.1) is 0 Å². The summed E-state index contributed by atoms with van der Waals surface area (Å²) in [5, 5.41) is 13.8. The highest BCUT2D eigenvalue weighted by atomic mass is 16.6. The molecule has 0 saturated carbocycles. The van der Waals surface area contributed by atoms with Crippen molar-refractivity contribution in [1.82, 2.24) is 9.55 Å². The van der Waals surface area contributed by atoms with Crippen molar-refractivity contribution >= 4 is 11.7 Å². The summed E-state index contributed by atoms with van der Waals surface area (Å²) in [7, 11) is 4.69. The quantitative estimate of drug-likeness (QED) is 0.221. The lowest BCUT2D eigenvalue weighted by Gasteiger charge is -2.39. The number of anilines is 1. The Balaban J connectivity index is 1.49. The summed E-state index contributed by atoms with van der Waals surface area (Å²) in [5.74, 6) is 1.19. The minimum Gasteiger partial charge on any atom is -0.497 e. The number of nitrogens with zero attached hydrogens (tertiary/aromatic N) is 2. The Morgan fingerprint density at radius 1 is 0.935 bits per heavy atom. The van der Waals surface area contributed by atoms with Crippen molar-refractivity contribution in [2.24, 2.45) is 0 Å². The van der Waals surface area contributed by atoms with E-state index in [1.54, 1.807) is 14.2 Å². The lowest BCUT2D eigenvalue weighted by molar-refractivity contribution is -0.114. The molecule has 0 radical (unpaired) electrons. The molecule has 2 N–H and O–H groups in total. The van der Waals surface area contributed by atoms with Crippen molar-refractivity contribution in [2.45, 2.75) is 56.5 Å². The Morgan fingerprint density at radius 2 is 1.50 bits per heavy atom. The summed E-state index contributed by atoms with van der Waals surface area (Å²) in [6.45, 7) is 3.25. The average Bonchev–Trinajstić information content (AvgIpc) is 3.37. The van der Waals surface area contributed by atoms with E-state index in [1.165, 1.54) is 30.9 Å². The van der Waals surface area contributed by atoms with Gasteiger partial charge in [0.2, 0.25) is 5.91 Å². The van der Waals surface area contributed by atoms with E-state index >= 15 is 0 Å². The number of hydrogen-bond donors (Lipinski definition) is 2. The fraction of sp³-hybridized carbons (Fsp3) is 0.343. The first-order valence-corrected chi connectivity index (χ1v) is 15.0. The summed E-state index contributed by atoms with van der Waals surface area (Å²) in [6, 6.07) is 26.9. The number of aliphatic hydroxyl groups is 1. The van der Waals surface area contributed by atoms with Crippen molar-refractivity contribution in [1.29, 1.82) is 0 Å². The topological polar surface area (TPSA) is 130 Å². The molecular formula is C35H39N3O8. The minimum atomic E-state index is -1.07. The molecule has 3 aromatic carbocycles. The van der Waals surface area contributed by atoms with Crippen LogP contribution in [0.25, 0.3) is 0 Å². The van der Waals surface area contributed by atoms with E-state index in [-0.39, 0.29) is 18.1 Å². The number of aliphatic hydroxyl groups excluding tert-OH is 1. The molecule has 5 atom stereocenters. The fourth-order valence-corrected chi connectivity index (χ4v) is 5.95. The summed E-state index contributed by atoms with van der Waals surface area (Å²) >= 11 is 0. The fourth-order valence-electron chi connectivity index (χ4n) is 5.95. The molecule has 1 unspecified atom stereocenters. The maximum absolute atomic E-state index is 12.9. The van der Waals surface area contributed by atoms with Gasteiger partial charge in [0.25, 0.3) is 0 Å². The molecule has 0 aliphatic carbocycles. The molecule has 5 rings (SSSR count). The molecule has 2 heterocycles. The second-order valence-electron chi connectivity index (χ2n) is 11.1. The standard InChI is InChI=1S/C35H39N3O8/c1-22(21-29-31(40)32(44-5)33(45-29)38-20-19-30(36-23(2)39)37-34(38)41)46-35(24-9-7-6-8-10-24,25-11-15-27(42-3)16-12-25)26-13-17-28(43-4)18-14-26/h6-20,22,29,31-33,40H,21H2,1-5H3,(H,36,37,39,41)/t22?,29-,31-,32-,33-/m1/s1. The van der Waals surface area contributed by atoms with Crippen molar-refractivity contribution < 1.29 is 33.6 Å². The Labute approximate surface area is 267 Å². The number of nitrogens with one attached hydrogen (secondary N) is 1. The van der Waals surface area contributed by atoms with E-state index in [9.17, 15) is 14.7 Å². The Bertz CT molecular complexity index is 1610. The third-order valence-corrected chi connectivity index (χ3v) is 8.11. The molecule has 1 aliphatic rings. The van der Waals surface area contributed by atoms with Crippen LogP contribution < -0.4 is 20.5 Å². The summed E-state index contributed by atoms with van der Waals surface area (Å²) in [4.78, 5) is 28.2. The number of methoxy groups -OCH3 is 3. The van der Waals surface area contributed by atoms with Crippen molar-refractivity contribution in [3.63, 3.8) is 0 Å². The van der Waals surface area contributed by atoms with E-state index in [1.807, 2.05) is 85.8 Å². The number of hydrogen-bond acceptors (Lipinski definition) is 9. The van der Waals surface area contributed by atoms with Crippen LogP contribution in [-0.4, -0.2) is 66.3 Å². The van der Waals surface area contributed by atoms with Crippen LogP contribution in [0.5, 0.6) is 11.5 Å². The van der Waals surface area contributed by atoms with E-state index in [2.05, 4.69) is 10.3 Å². The van der Waals surface area contributed by atoms with Crippen LogP contribution in [0.1, 0.15) is 43.2 Å². The molecule has 46 heavy (non-hydrogen) atoms. The molecule has 0 bridgehead atoms. The van der Waals surface area contributed by atoms with Crippen molar-refractivity contribution in [3.05, 3.63) is 118 Å². The predicted molar refractivity (Wildman–Crippen MR) is 171 cm³/mol. The third kappa shape index (κ3) is 6.68. The SMILES string of the molecule is COc1ccc(C(OC(C)C[C@H]2O[C@@H](n3ccc(NC(C)=O)nc3=O)[C@H](OC)[C@@H]2O)(c2ccccc2)c2ccc(OC)cc2)cc1. The van der Waals surface area contributed by atoms with Crippen LogP contribution in [-0.2, 0) is 24.6 Å². The Hall–Kier alpha value is -4.55. The van der Waals surface area contributed by atoms with Gasteiger partial charge in [-0.15, -0.1) is 0 Å². The number of rotatable bonds is 12.